The summed E-state index contributed by atoms with van der Waals surface area (Å²) in [5.74, 6) is 0.525. The molecule has 29 heavy (non-hydrogen) atoms. The molecule has 0 bridgehead atoms. The van der Waals surface area contributed by atoms with Gasteiger partial charge in [-0.05, 0) is 48.9 Å². The number of amides is 1. The molecule has 2 aromatic rings. The summed E-state index contributed by atoms with van der Waals surface area (Å²) in [6, 6.07) is 18.6. The number of benzene rings is 2. The van der Waals surface area contributed by atoms with Gasteiger partial charge in [0.25, 0.3) is 0 Å². The van der Waals surface area contributed by atoms with Gasteiger partial charge in [0.15, 0.2) is 0 Å². The van der Waals surface area contributed by atoms with Gasteiger partial charge in [-0.1, -0.05) is 58.4 Å². The minimum atomic E-state index is -0.617. The van der Waals surface area contributed by atoms with E-state index in [1.165, 1.54) is 18.4 Å². The summed E-state index contributed by atoms with van der Waals surface area (Å²) < 4.78 is 13.0. The van der Waals surface area contributed by atoms with Crippen LogP contribution in [0.5, 0.6) is 0 Å². The standard InChI is InChI=1S/C24H26BrNO3/c1-23(16-28-23)15-24(19-5-3-2-4-6-19)13-14-26(22(27)29-24)21(17-7-8-17)18-9-11-20(25)12-10-18/h2-6,9-12,17,21H,7-8,13-16H2,1H3/t21-,23?,24-/m0/s1. The highest BCUT2D eigenvalue weighted by Crippen LogP contribution is 2.50. The number of ether oxygens (including phenoxy) is 2. The van der Waals surface area contributed by atoms with Crippen LogP contribution in [0.4, 0.5) is 4.79 Å². The van der Waals surface area contributed by atoms with Crippen LogP contribution in [0.3, 0.4) is 0 Å². The lowest BCUT2D eigenvalue weighted by atomic mass is 9.81. The number of epoxide rings is 1. The van der Waals surface area contributed by atoms with E-state index in [0.717, 1.165) is 23.1 Å². The molecule has 0 aromatic heterocycles. The van der Waals surface area contributed by atoms with Crippen molar-refractivity contribution in [2.24, 2.45) is 5.92 Å². The van der Waals surface area contributed by atoms with Crippen molar-refractivity contribution in [3.05, 3.63) is 70.2 Å². The first kappa shape index (κ1) is 19.1. The summed E-state index contributed by atoms with van der Waals surface area (Å²) in [4.78, 5) is 15.3. The Labute approximate surface area is 180 Å². The van der Waals surface area contributed by atoms with Gasteiger partial charge in [0, 0.05) is 23.9 Å². The highest BCUT2D eigenvalue weighted by atomic mass is 79.9. The molecule has 4 nitrogen and oxygen atoms in total. The highest BCUT2D eigenvalue weighted by Gasteiger charge is 2.53. The summed E-state index contributed by atoms with van der Waals surface area (Å²) in [5, 5.41) is 0. The lowest BCUT2D eigenvalue weighted by Gasteiger charge is -2.45. The Kier molecular flexibility index (Phi) is 4.71. The van der Waals surface area contributed by atoms with Crippen molar-refractivity contribution >= 4 is 22.0 Å². The third-order valence-electron chi connectivity index (χ3n) is 6.49. The third kappa shape index (κ3) is 3.82. The number of hydrogen-bond acceptors (Lipinski definition) is 3. The zero-order chi connectivity index (χ0) is 20.1. The van der Waals surface area contributed by atoms with Crippen LogP contribution in [0.25, 0.3) is 0 Å². The molecule has 1 unspecified atom stereocenters. The Morgan fingerprint density at radius 3 is 2.41 bits per heavy atom. The molecule has 3 fully saturated rings. The van der Waals surface area contributed by atoms with E-state index in [1.807, 2.05) is 23.1 Å². The molecule has 3 atom stereocenters. The number of carbonyl (C=O) groups excluding carboxylic acids is 1. The average Bonchev–Trinajstić information content (AvgIpc) is 3.65. The van der Waals surface area contributed by atoms with Crippen LogP contribution in [-0.4, -0.2) is 29.7 Å². The van der Waals surface area contributed by atoms with Gasteiger partial charge in [-0.3, -0.25) is 0 Å². The van der Waals surface area contributed by atoms with E-state index in [4.69, 9.17) is 9.47 Å². The minimum absolute atomic E-state index is 0.0946. The Balaban J connectivity index is 1.43. The number of cyclic esters (lactones) is 1. The van der Waals surface area contributed by atoms with Gasteiger partial charge in [-0.2, -0.15) is 0 Å². The average molecular weight is 456 g/mol. The smallest absolute Gasteiger partial charge is 0.411 e. The predicted octanol–water partition coefficient (Wildman–Crippen LogP) is 5.82. The lowest BCUT2D eigenvalue weighted by Crippen LogP contribution is -2.51. The Hall–Kier alpha value is -1.85. The van der Waals surface area contributed by atoms with Gasteiger partial charge in [0.05, 0.1) is 18.2 Å². The zero-order valence-corrected chi connectivity index (χ0v) is 18.2. The molecule has 1 aliphatic carbocycles. The number of hydrogen-bond donors (Lipinski definition) is 0. The summed E-state index contributed by atoms with van der Waals surface area (Å²) in [6.45, 7) is 3.53. The molecular formula is C24H26BrNO3. The van der Waals surface area contributed by atoms with Crippen LogP contribution in [0.15, 0.2) is 59.1 Å². The van der Waals surface area contributed by atoms with Crippen LogP contribution < -0.4 is 0 Å². The molecule has 2 heterocycles. The monoisotopic (exact) mass is 455 g/mol. The molecule has 5 heteroatoms. The highest BCUT2D eigenvalue weighted by molar-refractivity contribution is 9.10. The lowest BCUT2D eigenvalue weighted by molar-refractivity contribution is -0.0780. The van der Waals surface area contributed by atoms with Crippen LogP contribution in [0.1, 0.15) is 49.8 Å². The first-order chi connectivity index (χ1) is 14.0. The maximum Gasteiger partial charge on any atom is 0.411 e. The molecule has 0 spiro atoms. The Morgan fingerprint density at radius 2 is 1.83 bits per heavy atom. The van der Waals surface area contributed by atoms with E-state index >= 15 is 0 Å². The van der Waals surface area contributed by atoms with Crippen molar-refractivity contribution in [2.45, 2.75) is 49.9 Å². The first-order valence-corrected chi connectivity index (χ1v) is 11.2. The second-order valence-corrected chi connectivity index (χ2v) is 9.84. The van der Waals surface area contributed by atoms with Crippen LogP contribution in [-0.2, 0) is 15.1 Å². The van der Waals surface area contributed by atoms with Gasteiger partial charge in [0.1, 0.15) is 5.60 Å². The van der Waals surface area contributed by atoms with Crippen molar-refractivity contribution in [1.82, 2.24) is 4.90 Å². The molecule has 1 amide bonds. The summed E-state index contributed by atoms with van der Waals surface area (Å²) >= 11 is 3.51. The number of halogens is 1. The largest absolute Gasteiger partial charge is 0.438 e. The van der Waals surface area contributed by atoms with Gasteiger partial charge >= 0.3 is 6.09 Å². The van der Waals surface area contributed by atoms with Gasteiger partial charge in [0.2, 0.25) is 0 Å². The van der Waals surface area contributed by atoms with Crippen LogP contribution in [0, 0.1) is 5.92 Å². The minimum Gasteiger partial charge on any atom is -0.438 e. The molecular weight excluding hydrogens is 430 g/mol. The van der Waals surface area contributed by atoms with E-state index < -0.39 is 5.60 Å². The Bertz CT molecular complexity index is 892. The van der Waals surface area contributed by atoms with Crippen molar-refractivity contribution in [3.63, 3.8) is 0 Å². The fourth-order valence-electron chi connectivity index (χ4n) is 4.70. The van der Waals surface area contributed by atoms with E-state index in [0.29, 0.717) is 18.9 Å². The molecule has 2 saturated heterocycles. The fraction of sp³-hybridized carbons (Fsp3) is 0.458. The molecule has 3 aliphatic rings. The van der Waals surface area contributed by atoms with E-state index in [9.17, 15) is 4.79 Å². The summed E-state index contributed by atoms with van der Waals surface area (Å²) in [5.41, 5.74) is 1.45. The zero-order valence-electron chi connectivity index (χ0n) is 16.6. The third-order valence-corrected chi connectivity index (χ3v) is 7.01. The van der Waals surface area contributed by atoms with E-state index in [-0.39, 0.29) is 17.7 Å². The Morgan fingerprint density at radius 1 is 1.14 bits per heavy atom. The second kappa shape index (κ2) is 7.13. The van der Waals surface area contributed by atoms with Gasteiger partial charge in [-0.25, -0.2) is 4.79 Å². The van der Waals surface area contributed by atoms with Crippen molar-refractivity contribution in [3.8, 4) is 0 Å². The van der Waals surface area contributed by atoms with Crippen molar-refractivity contribution < 1.29 is 14.3 Å². The normalized spacial score (nSPS) is 30.0. The molecule has 152 valence electrons. The van der Waals surface area contributed by atoms with Crippen LogP contribution in [0.2, 0.25) is 0 Å². The number of nitrogens with zero attached hydrogens (tertiary/aromatic N) is 1. The van der Waals surface area contributed by atoms with Crippen molar-refractivity contribution in [1.29, 1.82) is 0 Å². The maximum absolute atomic E-state index is 13.4. The topological polar surface area (TPSA) is 42.1 Å². The molecule has 5 rings (SSSR count). The van der Waals surface area contributed by atoms with Gasteiger partial charge < -0.3 is 14.4 Å². The summed E-state index contributed by atoms with van der Waals surface area (Å²) in [7, 11) is 0. The molecule has 2 aliphatic heterocycles. The van der Waals surface area contributed by atoms with E-state index in [1.54, 1.807) is 0 Å². The predicted molar refractivity (Wildman–Crippen MR) is 115 cm³/mol. The fourth-order valence-corrected chi connectivity index (χ4v) is 4.97. The first-order valence-electron chi connectivity index (χ1n) is 10.4. The molecule has 0 N–H and O–H groups in total. The summed E-state index contributed by atoms with van der Waals surface area (Å²) in [6.07, 6.45) is 3.61. The molecule has 0 radical (unpaired) electrons. The number of carbonyl (C=O) groups is 1. The second-order valence-electron chi connectivity index (χ2n) is 8.92. The van der Waals surface area contributed by atoms with Crippen molar-refractivity contribution in [2.75, 3.05) is 13.2 Å². The SMILES string of the molecule is CC1(C[C@]2(c3ccccc3)CCN([C@H](c3ccc(Br)cc3)C3CC3)C(=O)O2)CO1. The van der Waals surface area contributed by atoms with Crippen LogP contribution >= 0.6 is 15.9 Å². The number of rotatable bonds is 6. The quantitative estimate of drug-likeness (QED) is 0.515. The van der Waals surface area contributed by atoms with E-state index in [2.05, 4.69) is 59.3 Å². The molecule has 1 saturated carbocycles. The maximum atomic E-state index is 13.4. The van der Waals surface area contributed by atoms with Gasteiger partial charge in [-0.15, -0.1) is 0 Å². The molecule has 2 aromatic carbocycles.